The van der Waals surface area contributed by atoms with Gasteiger partial charge < -0.3 is 36.1 Å². The Labute approximate surface area is 312 Å². The van der Waals surface area contributed by atoms with Gasteiger partial charge in [-0.2, -0.15) is 0 Å². The number of hydrogen-bond acceptors (Lipinski definition) is 11. The molecule has 0 aromatic rings. The smallest absolute Gasteiger partial charge is 0.307 e. The van der Waals surface area contributed by atoms with Crippen molar-refractivity contribution < 1.29 is 38.1 Å². The van der Waals surface area contributed by atoms with Crippen LogP contribution in [0.15, 0.2) is 0 Å². The van der Waals surface area contributed by atoms with Crippen molar-refractivity contribution in [2.24, 2.45) is 63.5 Å². The van der Waals surface area contributed by atoms with Gasteiger partial charge in [0.15, 0.2) is 0 Å². The predicted octanol–water partition coefficient (Wildman–Crippen LogP) is 5.97. The molecule has 0 heterocycles. The lowest BCUT2D eigenvalue weighted by atomic mass is 9.43. The number of carbonyl (C=O) groups is 4. The molecule has 52 heavy (non-hydrogen) atoms. The molecule has 4 fully saturated rings. The molecule has 0 amide bonds. The molecular weight excluding hydrogens is 662 g/mol. The van der Waals surface area contributed by atoms with Crippen molar-refractivity contribution in [3.05, 3.63) is 0 Å². The maximum atomic E-state index is 13.2. The second kappa shape index (κ2) is 19.9. The Bertz CT molecular complexity index is 1180. The largest absolute Gasteiger partial charge is 0.466 e. The van der Waals surface area contributed by atoms with Gasteiger partial charge >= 0.3 is 23.9 Å². The van der Waals surface area contributed by atoms with Crippen LogP contribution in [0.4, 0.5) is 0 Å². The molecule has 4 aliphatic rings. The highest BCUT2D eigenvalue weighted by atomic mass is 16.6. The molecule has 0 radical (unpaired) electrons. The summed E-state index contributed by atoms with van der Waals surface area (Å²) in [5.74, 6) is -0.00360. The predicted molar refractivity (Wildman–Crippen MR) is 199 cm³/mol. The van der Waals surface area contributed by atoms with Crippen molar-refractivity contribution in [2.75, 3.05) is 26.2 Å². The maximum Gasteiger partial charge on any atom is 0.307 e. The maximum absolute atomic E-state index is 13.2. The van der Waals surface area contributed by atoms with Gasteiger partial charge in [0.1, 0.15) is 18.3 Å². The molecule has 11 nitrogen and oxygen atoms in total. The molecule has 298 valence electrons. The van der Waals surface area contributed by atoms with Crippen LogP contribution in [-0.2, 0) is 38.1 Å². The van der Waals surface area contributed by atoms with Gasteiger partial charge in [0.05, 0.1) is 25.9 Å². The van der Waals surface area contributed by atoms with Crippen LogP contribution >= 0.6 is 0 Å². The molecule has 6 N–H and O–H groups in total. The molecule has 0 saturated heterocycles. The molecule has 0 aromatic heterocycles. The van der Waals surface area contributed by atoms with Crippen LogP contribution in [0.25, 0.3) is 0 Å². The van der Waals surface area contributed by atoms with Gasteiger partial charge in [-0.15, -0.1) is 0 Å². The third kappa shape index (κ3) is 10.1. The lowest BCUT2D eigenvalue weighted by Crippen LogP contribution is -2.63. The fourth-order valence-corrected chi connectivity index (χ4v) is 11.2. The van der Waals surface area contributed by atoms with Crippen molar-refractivity contribution in [3.8, 4) is 0 Å². The standard InChI is InChI=1S/C41H71N3O8/c1-5-6-7-8-9-10-23-49-35(45)14-11-27(2)30-12-13-31-39-32(26-34(41(30,31)4)52-38(48)18-22-44)40(3)19-15-29(50-36(46)16-20-42)24-28(40)25-33(39)51-37(47)17-21-43/h27-34,39H,5-26,42-44H2,1-4H3/t27-,28?,29-,30-,31+,32-,33-,34+,39?,40+,41-/m0/s1. The molecule has 0 spiro atoms. The van der Waals surface area contributed by atoms with E-state index < -0.39 is 0 Å². The average Bonchev–Trinajstić information content (AvgIpc) is 3.46. The lowest BCUT2D eigenvalue weighted by molar-refractivity contribution is -0.225. The molecule has 0 aromatic carbocycles. The summed E-state index contributed by atoms with van der Waals surface area (Å²) in [6.45, 7) is 10.3. The second-order valence-corrected chi connectivity index (χ2v) is 17.0. The summed E-state index contributed by atoms with van der Waals surface area (Å²) in [5, 5.41) is 0. The van der Waals surface area contributed by atoms with Gasteiger partial charge in [0, 0.05) is 37.4 Å². The number of ether oxygens (including phenoxy) is 4. The highest BCUT2D eigenvalue weighted by Crippen LogP contribution is 2.69. The van der Waals surface area contributed by atoms with Crippen LogP contribution < -0.4 is 17.2 Å². The molecule has 0 aliphatic heterocycles. The van der Waals surface area contributed by atoms with Gasteiger partial charge in [0.25, 0.3) is 0 Å². The van der Waals surface area contributed by atoms with Crippen molar-refractivity contribution in [1.82, 2.24) is 0 Å². The quantitative estimate of drug-likeness (QED) is 0.0762. The van der Waals surface area contributed by atoms with E-state index >= 15 is 0 Å². The minimum absolute atomic E-state index is 0.0910. The second-order valence-electron chi connectivity index (χ2n) is 17.0. The summed E-state index contributed by atoms with van der Waals surface area (Å²) >= 11 is 0. The van der Waals surface area contributed by atoms with Crippen molar-refractivity contribution in [3.63, 3.8) is 0 Å². The van der Waals surface area contributed by atoms with Gasteiger partial charge in [-0.3, -0.25) is 19.2 Å². The number of carbonyl (C=O) groups excluding carboxylic acids is 4. The summed E-state index contributed by atoms with van der Waals surface area (Å²) in [7, 11) is 0. The van der Waals surface area contributed by atoms with Crippen LogP contribution in [0.2, 0.25) is 0 Å². The number of hydrogen-bond donors (Lipinski definition) is 3. The summed E-state index contributed by atoms with van der Waals surface area (Å²) < 4.78 is 24.3. The molecule has 0 bridgehead atoms. The Hall–Kier alpha value is -2.24. The monoisotopic (exact) mass is 734 g/mol. The Kier molecular flexibility index (Phi) is 16.3. The first-order valence-electron chi connectivity index (χ1n) is 20.8. The highest BCUT2D eigenvalue weighted by molar-refractivity contribution is 5.71. The van der Waals surface area contributed by atoms with Crippen molar-refractivity contribution >= 4 is 23.9 Å². The summed E-state index contributed by atoms with van der Waals surface area (Å²) in [5.41, 5.74) is 16.7. The summed E-state index contributed by atoms with van der Waals surface area (Å²) in [6, 6.07) is 0. The van der Waals surface area contributed by atoms with E-state index in [-0.39, 0.29) is 127 Å². The van der Waals surface area contributed by atoms with E-state index in [2.05, 4.69) is 27.7 Å². The van der Waals surface area contributed by atoms with Gasteiger partial charge in [-0.05, 0) is 92.8 Å². The zero-order valence-electron chi connectivity index (χ0n) is 32.8. The molecule has 4 saturated carbocycles. The number of nitrogens with two attached hydrogens (primary N) is 3. The molecule has 11 heteroatoms. The van der Waals surface area contributed by atoms with E-state index in [1.165, 1.54) is 25.7 Å². The zero-order chi connectivity index (χ0) is 37.9. The first-order valence-corrected chi connectivity index (χ1v) is 20.8. The highest BCUT2D eigenvalue weighted by Gasteiger charge is 2.67. The van der Waals surface area contributed by atoms with E-state index in [1.54, 1.807) is 0 Å². The fourth-order valence-electron chi connectivity index (χ4n) is 11.2. The van der Waals surface area contributed by atoms with E-state index in [0.717, 1.165) is 38.5 Å². The van der Waals surface area contributed by atoms with Crippen LogP contribution in [-0.4, -0.2) is 68.4 Å². The first kappa shape index (κ1) is 42.5. The average molecular weight is 734 g/mol. The Morgan fingerprint density at radius 3 is 2.02 bits per heavy atom. The normalized spacial score (nSPS) is 34.3. The first-order chi connectivity index (χ1) is 24.9. The number of rotatable bonds is 20. The van der Waals surface area contributed by atoms with Crippen LogP contribution in [0, 0.1) is 46.3 Å². The minimum atomic E-state index is -0.371. The van der Waals surface area contributed by atoms with E-state index in [4.69, 9.17) is 36.1 Å². The molecule has 11 atom stereocenters. The van der Waals surface area contributed by atoms with E-state index in [0.29, 0.717) is 38.7 Å². The fraction of sp³-hybridized carbons (Fsp3) is 0.902. The minimum Gasteiger partial charge on any atom is -0.466 e. The Morgan fingerprint density at radius 1 is 0.712 bits per heavy atom. The topological polar surface area (TPSA) is 183 Å². The Balaban J connectivity index is 1.56. The zero-order valence-corrected chi connectivity index (χ0v) is 32.8. The van der Waals surface area contributed by atoms with Gasteiger partial charge in [0.2, 0.25) is 0 Å². The summed E-state index contributed by atoms with van der Waals surface area (Å²) in [6.07, 6.45) is 13.2. The third-order valence-corrected chi connectivity index (χ3v) is 13.9. The van der Waals surface area contributed by atoms with Crippen LogP contribution in [0.3, 0.4) is 0 Å². The molecule has 4 aliphatic carbocycles. The summed E-state index contributed by atoms with van der Waals surface area (Å²) in [4.78, 5) is 51.6. The van der Waals surface area contributed by atoms with Gasteiger partial charge in [-0.25, -0.2) is 0 Å². The number of unbranched alkanes of at least 4 members (excludes halogenated alkanes) is 5. The van der Waals surface area contributed by atoms with Crippen LogP contribution in [0.1, 0.15) is 143 Å². The third-order valence-electron chi connectivity index (χ3n) is 13.9. The molecule has 2 unspecified atom stereocenters. The number of esters is 4. The molecule has 4 rings (SSSR count). The van der Waals surface area contributed by atoms with E-state index in [9.17, 15) is 19.2 Å². The lowest BCUT2D eigenvalue weighted by Gasteiger charge is -2.64. The number of fused-ring (bicyclic) bond motifs is 5. The van der Waals surface area contributed by atoms with Crippen molar-refractivity contribution in [1.29, 1.82) is 0 Å². The van der Waals surface area contributed by atoms with Crippen LogP contribution in [0.5, 0.6) is 0 Å². The van der Waals surface area contributed by atoms with Gasteiger partial charge in [-0.1, -0.05) is 59.8 Å². The SMILES string of the molecule is CCCCCCCCOC(=O)CC[C@H](C)[C@@H]1CC[C@@H]2C3[C@@H](OC(=O)CCN)CC4C[C@@H](OC(=O)CCN)CC[C@@]4(C)[C@H]3C[C@@H](OC(=O)CCN)[C@]21C. The van der Waals surface area contributed by atoms with E-state index in [1.807, 2.05) is 0 Å². The van der Waals surface area contributed by atoms with Crippen molar-refractivity contribution in [2.45, 2.75) is 162 Å². The molecular formula is C41H71N3O8. The Morgan fingerprint density at radius 2 is 1.35 bits per heavy atom.